The fraction of sp³-hybridized carbons (Fsp3) is 0.562. The van der Waals surface area contributed by atoms with E-state index in [1.165, 1.54) is 5.56 Å². The van der Waals surface area contributed by atoms with E-state index in [0.717, 1.165) is 52.1 Å². The number of carbonyl (C=O) groups excluding carboxylic acids is 1. The summed E-state index contributed by atoms with van der Waals surface area (Å²) in [5, 5.41) is 6.47. The van der Waals surface area contributed by atoms with Crippen molar-refractivity contribution in [2.75, 3.05) is 39.3 Å². The molecule has 1 saturated heterocycles. The van der Waals surface area contributed by atoms with Gasteiger partial charge in [0.15, 0.2) is 0 Å². The number of rotatable bonds is 5. The number of piperazine rings is 1. The second kappa shape index (κ2) is 7.25. The van der Waals surface area contributed by atoms with Crippen LogP contribution in [0.2, 0.25) is 0 Å². The molecule has 0 aromatic heterocycles. The zero-order valence-corrected chi connectivity index (χ0v) is 13.1. The maximum absolute atomic E-state index is 12.4. The topological polar surface area (TPSA) is 44.4 Å². The summed E-state index contributed by atoms with van der Waals surface area (Å²) in [4.78, 5) is 14.8. The average molecular weight is 310 g/mol. The molecule has 1 amide bonds. The van der Waals surface area contributed by atoms with Gasteiger partial charge in [-0.2, -0.15) is 0 Å². The third-order valence-corrected chi connectivity index (χ3v) is 4.43. The summed E-state index contributed by atoms with van der Waals surface area (Å²) in [6.07, 6.45) is 1.97. The van der Waals surface area contributed by atoms with Crippen molar-refractivity contribution < 1.29 is 4.79 Å². The molecule has 1 aromatic carbocycles. The predicted molar refractivity (Wildman–Crippen MR) is 86.9 cm³/mol. The quantitative estimate of drug-likeness (QED) is 0.858. The van der Waals surface area contributed by atoms with Crippen molar-refractivity contribution in [2.45, 2.75) is 18.3 Å². The lowest BCUT2D eigenvalue weighted by atomic mass is 9.95. The fourth-order valence-electron chi connectivity index (χ4n) is 2.96. The first kappa shape index (κ1) is 16.3. The monoisotopic (exact) mass is 309 g/mol. The minimum absolute atomic E-state index is 0. The van der Waals surface area contributed by atoms with E-state index in [4.69, 9.17) is 0 Å². The Balaban J connectivity index is 0.00000161. The lowest BCUT2D eigenvalue weighted by Crippen LogP contribution is -2.47. The van der Waals surface area contributed by atoms with Crippen LogP contribution in [0, 0.1) is 0 Å². The molecule has 2 N–H and O–H groups in total. The van der Waals surface area contributed by atoms with E-state index < -0.39 is 0 Å². The summed E-state index contributed by atoms with van der Waals surface area (Å²) >= 11 is 0. The third kappa shape index (κ3) is 3.76. The van der Waals surface area contributed by atoms with Crippen LogP contribution < -0.4 is 10.6 Å². The van der Waals surface area contributed by atoms with Gasteiger partial charge in [-0.15, -0.1) is 12.4 Å². The molecule has 0 radical (unpaired) electrons. The van der Waals surface area contributed by atoms with Crippen molar-refractivity contribution in [2.24, 2.45) is 0 Å². The Morgan fingerprint density at radius 1 is 1.19 bits per heavy atom. The molecule has 1 saturated carbocycles. The van der Waals surface area contributed by atoms with Crippen LogP contribution in [0.5, 0.6) is 0 Å². The number of benzene rings is 1. The van der Waals surface area contributed by atoms with Gasteiger partial charge in [0.2, 0.25) is 5.91 Å². The molecule has 21 heavy (non-hydrogen) atoms. The number of nitrogens with one attached hydrogen (secondary N) is 2. The van der Waals surface area contributed by atoms with Crippen molar-refractivity contribution in [3.05, 3.63) is 35.9 Å². The summed E-state index contributed by atoms with van der Waals surface area (Å²) in [5.41, 5.74) is 0.935. The maximum Gasteiger partial charge on any atom is 0.230 e. The Kier molecular flexibility index (Phi) is 5.62. The smallest absolute Gasteiger partial charge is 0.230 e. The molecule has 0 unspecified atom stereocenters. The van der Waals surface area contributed by atoms with Gasteiger partial charge in [0.25, 0.3) is 0 Å². The van der Waals surface area contributed by atoms with E-state index in [9.17, 15) is 4.79 Å². The summed E-state index contributed by atoms with van der Waals surface area (Å²) in [5.74, 6) is 0.207. The molecule has 1 heterocycles. The standard InChI is InChI=1S/C16H23N3O.ClH/c20-15(18-10-13-19-11-8-17-9-12-19)16(6-7-16)14-4-2-1-3-5-14;/h1-5,17H,6-13H2,(H,18,20);1H. The Hall–Kier alpha value is -1.10. The molecule has 1 aliphatic carbocycles. The molecule has 3 rings (SSSR count). The number of hydrogen-bond acceptors (Lipinski definition) is 3. The van der Waals surface area contributed by atoms with Crippen LogP contribution in [-0.2, 0) is 10.2 Å². The highest BCUT2D eigenvalue weighted by molar-refractivity contribution is 5.91. The summed E-state index contributed by atoms with van der Waals surface area (Å²) < 4.78 is 0. The Bertz CT molecular complexity index is 456. The number of amides is 1. The lowest BCUT2D eigenvalue weighted by molar-refractivity contribution is -0.123. The van der Waals surface area contributed by atoms with Gasteiger partial charge in [-0.25, -0.2) is 0 Å². The SMILES string of the molecule is Cl.O=C(NCCN1CCNCC1)C1(c2ccccc2)CC1. The van der Waals surface area contributed by atoms with E-state index in [2.05, 4.69) is 27.7 Å². The highest BCUT2D eigenvalue weighted by Crippen LogP contribution is 2.48. The van der Waals surface area contributed by atoms with Crippen LogP contribution in [0.25, 0.3) is 0 Å². The Labute approximate surface area is 132 Å². The van der Waals surface area contributed by atoms with Crippen molar-refractivity contribution >= 4 is 18.3 Å². The third-order valence-electron chi connectivity index (χ3n) is 4.43. The minimum atomic E-state index is -0.231. The first-order chi connectivity index (χ1) is 9.81. The lowest BCUT2D eigenvalue weighted by Gasteiger charge is -2.27. The van der Waals surface area contributed by atoms with Gasteiger partial charge < -0.3 is 10.6 Å². The Morgan fingerprint density at radius 2 is 1.86 bits per heavy atom. The van der Waals surface area contributed by atoms with Crippen molar-refractivity contribution in [1.29, 1.82) is 0 Å². The second-order valence-electron chi connectivity index (χ2n) is 5.80. The minimum Gasteiger partial charge on any atom is -0.354 e. The number of halogens is 1. The molecular weight excluding hydrogens is 286 g/mol. The van der Waals surface area contributed by atoms with E-state index in [1.807, 2.05) is 18.2 Å². The zero-order chi connectivity index (χ0) is 13.8. The first-order valence-electron chi connectivity index (χ1n) is 7.58. The summed E-state index contributed by atoms with van der Waals surface area (Å²) in [6, 6.07) is 10.2. The van der Waals surface area contributed by atoms with Gasteiger partial charge in [-0.3, -0.25) is 9.69 Å². The van der Waals surface area contributed by atoms with Crippen molar-refractivity contribution in [3.8, 4) is 0 Å². The van der Waals surface area contributed by atoms with Crippen molar-refractivity contribution in [3.63, 3.8) is 0 Å². The highest BCUT2D eigenvalue weighted by atomic mass is 35.5. The molecule has 1 aromatic rings. The first-order valence-corrected chi connectivity index (χ1v) is 7.58. The zero-order valence-electron chi connectivity index (χ0n) is 12.3. The second-order valence-corrected chi connectivity index (χ2v) is 5.80. The van der Waals surface area contributed by atoms with Gasteiger partial charge in [0, 0.05) is 39.3 Å². The van der Waals surface area contributed by atoms with Crippen LogP contribution in [-0.4, -0.2) is 50.1 Å². The highest BCUT2D eigenvalue weighted by Gasteiger charge is 2.50. The number of carbonyl (C=O) groups is 1. The molecule has 0 atom stereocenters. The van der Waals surface area contributed by atoms with E-state index in [1.54, 1.807) is 0 Å². The largest absolute Gasteiger partial charge is 0.354 e. The molecule has 4 nitrogen and oxygen atoms in total. The van der Waals surface area contributed by atoms with Gasteiger partial charge in [0.1, 0.15) is 0 Å². The molecule has 0 bridgehead atoms. The molecule has 2 fully saturated rings. The fourth-order valence-corrected chi connectivity index (χ4v) is 2.96. The van der Waals surface area contributed by atoms with Gasteiger partial charge in [-0.1, -0.05) is 30.3 Å². The predicted octanol–water partition coefficient (Wildman–Crippen LogP) is 1.16. The Morgan fingerprint density at radius 3 is 2.48 bits per heavy atom. The van der Waals surface area contributed by atoms with Crippen LogP contribution in [0.4, 0.5) is 0 Å². The van der Waals surface area contributed by atoms with E-state index in [-0.39, 0.29) is 23.7 Å². The van der Waals surface area contributed by atoms with Gasteiger partial charge in [-0.05, 0) is 18.4 Å². The molecule has 2 aliphatic rings. The summed E-state index contributed by atoms with van der Waals surface area (Å²) in [7, 11) is 0. The molecular formula is C16H24ClN3O. The number of nitrogens with zero attached hydrogens (tertiary/aromatic N) is 1. The van der Waals surface area contributed by atoms with Gasteiger partial charge >= 0.3 is 0 Å². The van der Waals surface area contributed by atoms with Crippen LogP contribution in [0.1, 0.15) is 18.4 Å². The van der Waals surface area contributed by atoms with Gasteiger partial charge in [0.05, 0.1) is 5.41 Å². The van der Waals surface area contributed by atoms with Crippen LogP contribution >= 0.6 is 12.4 Å². The van der Waals surface area contributed by atoms with Crippen molar-refractivity contribution in [1.82, 2.24) is 15.5 Å². The molecule has 116 valence electrons. The normalized spacial score (nSPS) is 20.4. The molecule has 5 heteroatoms. The summed E-state index contributed by atoms with van der Waals surface area (Å²) in [6.45, 7) is 5.99. The molecule has 0 spiro atoms. The number of hydrogen-bond donors (Lipinski definition) is 2. The van der Waals surface area contributed by atoms with Crippen LogP contribution in [0.15, 0.2) is 30.3 Å². The maximum atomic E-state index is 12.4. The van der Waals surface area contributed by atoms with E-state index in [0.29, 0.717) is 0 Å². The van der Waals surface area contributed by atoms with Crippen LogP contribution in [0.3, 0.4) is 0 Å². The average Bonchev–Trinajstić information content (AvgIpc) is 3.31. The van der Waals surface area contributed by atoms with E-state index >= 15 is 0 Å². The molecule has 1 aliphatic heterocycles.